The number of aliphatic hydroxyl groups is 3. The lowest BCUT2D eigenvalue weighted by Gasteiger charge is -2.32. The van der Waals surface area contributed by atoms with Crippen LogP contribution in [0.25, 0.3) is 11.2 Å². The van der Waals surface area contributed by atoms with E-state index in [2.05, 4.69) is 19.9 Å². The topological polar surface area (TPSA) is 248 Å². The summed E-state index contributed by atoms with van der Waals surface area (Å²) >= 11 is 0. The van der Waals surface area contributed by atoms with Crippen LogP contribution in [0.15, 0.2) is 28.2 Å². The molecule has 5 rings (SSSR count). The van der Waals surface area contributed by atoms with E-state index >= 15 is 4.39 Å². The number of nitrogens with one attached hydrogen (secondary N) is 1. The zero-order valence-corrected chi connectivity index (χ0v) is 21.3. The van der Waals surface area contributed by atoms with Crippen LogP contribution in [0.5, 0.6) is 0 Å². The van der Waals surface area contributed by atoms with Crippen molar-refractivity contribution in [2.24, 2.45) is 0 Å². The smallest absolute Gasteiger partial charge is 0.351 e. The summed E-state index contributed by atoms with van der Waals surface area (Å²) in [6.45, 7) is 2.01. The van der Waals surface area contributed by atoms with Gasteiger partial charge in [0, 0.05) is 6.20 Å². The van der Waals surface area contributed by atoms with E-state index in [1.807, 2.05) is 0 Å². The quantitative estimate of drug-likeness (QED) is 0.154. The van der Waals surface area contributed by atoms with Gasteiger partial charge in [0.15, 0.2) is 35.6 Å². The van der Waals surface area contributed by atoms with E-state index in [1.165, 1.54) is 37.0 Å². The normalized spacial score (nSPS) is 30.9. The van der Waals surface area contributed by atoms with Gasteiger partial charge in [-0.15, -0.1) is 0 Å². The molecule has 2 aliphatic rings. The number of nitrogens with two attached hydrogens (primary N) is 2. The molecule has 8 N–H and O–H groups in total. The number of fused-ring (bicyclic) bond motifs is 1. The Hall–Kier alpha value is -3.52. The number of ether oxygens (including phenoxy) is 4. The standard InChI is InChI=1S/C22H29FN8O9/c1-22(2,37-6-9-13(33)14(34)19(39-9)30-4-3-10(24)27-21(30)36)40-15-8(5-32)38-18(11(15)23)31-7-26-12-16(31)28-20(25)29-17(12)35/h3-4,7-9,11,13-15,18-19,32-34H,5-6H2,1-2H3,(H2,24,27,36)(H3,25,28,29,35)/t8-,9-,11-,13-,14-,15-,18-,19-/m1/s1. The summed E-state index contributed by atoms with van der Waals surface area (Å²) in [6, 6.07) is 1.34. The monoisotopic (exact) mass is 568 g/mol. The number of anilines is 2. The SMILES string of the molecule is CC(C)(OC[C@H]1O[C@@H](n2ccc(N)nc2=O)[C@H](O)[C@@H]1O)O[C@H]1[C@@H](F)[C@H](n2cnc3c(=O)[nH]c(N)nc32)O[C@@H]1CO. The molecule has 5 heterocycles. The van der Waals surface area contributed by atoms with Crippen LogP contribution in [-0.4, -0.2) is 100 Å². The van der Waals surface area contributed by atoms with Gasteiger partial charge < -0.3 is 45.7 Å². The molecule has 0 aromatic carbocycles. The minimum atomic E-state index is -1.87. The number of hydrogen-bond donors (Lipinski definition) is 6. The number of H-pyrrole nitrogens is 1. The summed E-state index contributed by atoms with van der Waals surface area (Å²) in [7, 11) is 0. The molecule has 2 saturated heterocycles. The fraction of sp³-hybridized carbons (Fsp3) is 0.591. The molecular weight excluding hydrogens is 539 g/mol. The van der Waals surface area contributed by atoms with Crippen LogP contribution in [0, 0.1) is 0 Å². The van der Waals surface area contributed by atoms with Gasteiger partial charge in [-0.25, -0.2) is 14.2 Å². The number of nitrogen functional groups attached to an aromatic ring is 2. The summed E-state index contributed by atoms with van der Waals surface area (Å²) in [5.41, 5.74) is 9.62. The molecule has 40 heavy (non-hydrogen) atoms. The highest BCUT2D eigenvalue weighted by molar-refractivity contribution is 5.70. The van der Waals surface area contributed by atoms with E-state index in [0.29, 0.717) is 0 Å². The Morgan fingerprint density at radius 3 is 2.55 bits per heavy atom. The number of aromatic nitrogens is 6. The third-order valence-electron chi connectivity index (χ3n) is 6.65. The highest BCUT2D eigenvalue weighted by atomic mass is 19.1. The van der Waals surface area contributed by atoms with Crippen LogP contribution in [0.2, 0.25) is 0 Å². The molecule has 218 valence electrons. The van der Waals surface area contributed by atoms with E-state index in [4.69, 9.17) is 30.4 Å². The summed E-state index contributed by atoms with van der Waals surface area (Å²) in [4.78, 5) is 38.1. The molecule has 0 unspecified atom stereocenters. The van der Waals surface area contributed by atoms with Gasteiger partial charge in [-0.3, -0.25) is 18.9 Å². The number of imidazole rings is 1. The minimum absolute atomic E-state index is 0.0161. The number of aliphatic hydroxyl groups excluding tert-OH is 3. The average molecular weight is 569 g/mol. The van der Waals surface area contributed by atoms with Crippen molar-refractivity contribution in [3.05, 3.63) is 39.4 Å². The van der Waals surface area contributed by atoms with Crippen molar-refractivity contribution in [3.63, 3.8) is 0 Å². The van der Waals surface area contributed by atoms with Gasteiger partial charge in [-0.05, 0) is 19.9 Å². The van der Waals surface area contributed by atoms with Crippen molar-refractivity contribution < 1.29 is 38.7 Å². The van der Waals surface area contributed by atoms with Crippen molar-refractivity contribution in [1.29, 1.82) is 0 Å². The zero-order chi connectivity index (χ0) is 28.9. The van der Waals surface area contributed by atoms with Crippen molar-refractivity contribution in [3.8, 4) is 0 Å². The van der Waals surface area contributed by atoms with Gasteiger partial charge in [0.1, 0.15) is 36.3 Å². The number of alkyl halides is 1. The molecule has 17 nitrogen and oxygen atoms in total. The van der Waals surface area contributed by atoms with Crippen molar-refractivity contribution in [2.45, 2.75) is 68.8 Å². The Kier molecular flexibility index (Phi) is 7.33. The number of halogens is 1. The van der Waals surface area contributed by atoms with Crippen LogP contribution in [-0.2, 0) is 18.9 Å². The summed E-state index contributed by atoms with van der Waals surface area (Å²) in [5.74, 6) is -1.73. The van der Waals surface area contributed by atoms with Gasteiger partial charge in [-0.1, -0.05) is 0 Å². The molecule has 2 fully saturated rings. The molecule has 0 saturated carbocycles. The Bertz CT molecular complexity index is 1490. The second-order valence-electron chi connectivity index (χ2n) is 9.85. The molecule has 18 heteroatoms. The largest absolute Gasteiger partial charge is 0.394 e. The lowest BCUT2D eigenvalue weighted by Crippen LogP contribution is -2.44. The first-order chi connectivity index (χ1) is 18.9. The van der Waals surface area contributed by atoms with Gasteiger partial charge in [0.2, 0.25) is 5.95 Å². The molecule has 8 atom stereocenters. The van der Waals surface area contributed by atoms with Crippen molar-refractivity contribution >= 4 is 22.9 Å². The first-order valence-electron chi connectivity index (χ1n) is 12.2. The van der Waals surface area contributed by atoms with E-state index in [1.54, 1.807) is 0 Å². The molecule has 3 aromatic rings. The molecule has 2 aliphatic heterocycles. The summed E-state index contributed by atoms with van der Waals surface area (Å²) in [6.07, 6.45) is -8.54. The lowest BCUT2D eigenvalue weighted by atomic mass is 10.1. The van der Waals surface area contributed by atoms with E-state index in [0.717, 1.165) is 4.57 Å². The Morgan fingerprint density at radius 2 is 1.85 bits per heavy atom. The van der Waals surface area contributed by atoms with Gasteiger partial charge in [-0.2, -0.15) is 9.97 Å². The molecule has 3 aromatic heterocycles. The Balaban J connectivity index is 1.27. The number of aromatic amines is 1. The van der Waals surface area contributed by atoms with Gasteiger partial charge in [0.05, 0.1) is 19.5 Å². The maximum absolute atomic E-state index is 15.7. The van der Waals surface area contributed by atoms with Gasteiger partial charge in [0.25, 0.3) is 5.56 Å². The lowest BCUT2D eigenvalue weighted by molar-refractivity contribution is -0.262. The predicted octanol–water partition coefficient (Wildman–Crippen LogP) is -2.47. The number of nitrogens with zero attached hydrogens (tertiary/aromatic N) is 5. The number of hydrogen-bond acceptors (Lipinski definition) is 14. The summed E-state index contributed by atoms with van der Waals surface area (Å²) in [5, 5.41) is 30.8. The number of rotatable bonds is 8. The Labute approximate surface area is 224 Å². The van der Waals surface area contributed by atoms with Gasteiger partial charge >= 0.3 is 5.69 Å². The zero-order valence-electron chi connectivity index (χ0n) is 21.3. The van der Waals surface area contributed by atoms with Crippen LogP contribution in [0.4, 0.5) is 16.2 Å². The first kappa shape index (κ1) is 28.0. The van der Waals surface area contributed by atoms with Crippen molar-refractivity contribution in [2.75, 3.05) is 24.7 Å². The maximum atomic E-state index is 15.7. The molecule has 0 radical (unpaired) electrons. The second-order valence-corrected chi connectivity index (χ2v) is 9.85. The maximum Gasteiger partial charge on any atom is 0.351 e. The fourth-order valence-electron chi connectivity index (χ4n) is 4.70. The van der Waals surface area contributed by atoms with E-state index in [-0.39, 0.29) is 29.5 Å². The van der Waals surface area contributed by atoms with Crippen LogP contribution < -0.4 is 22.7 Å². The Morgan fingerprint density at radius 1 is 1.12 bits per heavy atom. The second kappa shape index (κ2) is 10.5. The molecule has 0 spiro atoms. The minimum Gasteiger partial charge on any atom is -0.394 e. The van der Waals surface area contributed by atoms with Crippen molar-refractivity contribution in [1.82, 2.24) is 29.1 Å². The van der Waals surface area contributed by atoms with E-state index in [9.17, 15) is 24.9 Å². The molecule has 0 bridgehead atoms. The van der Waals surface area contributed by atoms with Crippen LogP contribution in [0.3, 0.4) is 0 Å². The predicted molar refractivity (Wildman–Crippen MR) is 132 cm³/mol. The van der Waals surface area contributed by atoms with Crippen LogP contribution >= 0.6 is 0 Å². The van der Waals surface area contributed by atoms with Crippen LogP contribution in [0.1, 0.15) is 26.3 Å². The molecule has 0 amide bonds. The molecule has 0 aliphatic carbocycles. The highest BCUT2D eigenvalue weighted by Gasteiger charge is 2.50. The average Bonchev–Trinajstić information content (AvgIpc) is 3.53. The first-order valence-corrected chi connectivity index (χ1v) is 12.2. The third-order valence-corrected chi connectivity index (χ3v) is 6.65. The summed E-state index contributed by atoms with van der Waals surface area (Å²) < 4.78 is 40.8. The fourth-order valence-corrected chi connectivity index (χ4v) is 4.70. The van der Waals surface area contributed by atoms with E-state index < -0.39 is 72.8 Å². The highest BCUT2D eigenvalue weighted by Crippen LogP contribution is 2.37. The molecular formula is C22H29FN8O9. The third kappa shape index (κ3) is 5.05.